The Bertz CT molecular complexity index is 806. The number of hydrazone groups is 1. The number of benzene rings is 2. The van der Waals surface area contributed by atoms with Crippen molar-refractivity contribution < 1.29 is 19.0 Å². The summed E-state index contributed by atoms with van der Waals surface area (Å²) < 4.78 is 16.7. The van der Waals surface area contributed by atoms with Crippen molar-refractivity contribution in [3.8, 4) is 17.2 Å². The fraction of sp³-hybridized carbons (Fsp3) is 0.222. The Morgan fingerprint density at radius 1 is 1.08 bits per heavy atom. The van der Waals surface area contributed by atoms with Gasteiger partial charge in [0.2, 0.25) is 0 Å². The molecule has 0 aromatic heterocycles. The molecular formula is C18H19IN2O4. The lowest BCUT2D eigenvalue weighted by atomic mass is 10.1. The molecule has 0 unspecified atom stereocenters. The van der Waals surface area contributed by atoms with Crippen LogP contribution in [0.4, 0.5) is 0 Å². The number of rotatable bonds is 6. The molecule has 0 bridgehead atoms. The summed E-state index contributed by atoms with van der Waals surface area (Å²) in [6, 6.07) is 9.01. The van der Waals surface area contributed by atoms with Crippen molar-refractivity contribution in [2.75, 3.05) is 21.3 Å². The van der Waals surface area contributed by atoms with Gasteiger partial charge in [0.05, 0.1) is 36.7 Å². The first kappa shape index (κ1) is 19.0. The van der Waals surface area contributed by atoms with E-state index < -0.39 is 0 Å². The lowest BCUT2D eigenvalue weighted by Gasteiger charge is -2.10. The molecule has 0 atom stereocenters. The monoisotopic (exact) mass is 454 g/mol. The Kier molecular flexibility index (Phi) is 6.63. The third-order valence-corrected chi connectivity index (χ3v) is 4.24. The zero-order chi connectivity index (χ0) is 18.4. The number of carbonyl (C=O) groups excluding carboxylic acids is 1. The molecule has 0 spiro atoms. The van der Waals surface area contributed by atoms with Gasteiger partial charge >= 0.3 is 0 Å². The molecule has 2 aromatic rings. The summed E-state index contributed by atoms with van der Waals surface area (Å²) in [6.07, 6.45) is 1.54. The van der Waals surface area contributed by atoms with Crippen LogP contribution < -0.4 is 19.6 Å². The summed E-state index contributed by atoms with van der Waals surface area (Å²) in [5.41, 5.74) is 4.71. The van der Waals surface area contributed by atoms with Crippen LogP contribution in [-0.4, -0.2) is 33.5 Å². The largest absolute Gasteiger partial charge is 0.496 e. The molecule has 0 aliphatic carbocycles. The third kappa shape index (κ3) is 4.62. The number of aryl methyl sites for hydroxylation is 1. The van der Waals surface area contributed by atoms with Gasteiger partial charge in [-0.25, -0.2) is 5.43 Å². The molecule has 0 saturated carbocycles. The fourth-order valence-electron chi connectivity index (χ4n) is 2.22. The average molecular weight is 454 g/mol. The second kappa shape index (κ2) is 8.70. The van der Waals surface area contributed by atoms with Crippen molar-refractivity contribution in [2.24, 2.45) is 5.10 Å². The summed E-state index contributed by atoms with van der Waals surface area (Å²) >= 11 is 2.15. The Balaban J connectivity index is 2.16. The first-order chi connectivity index (χ1) is 12.0. The fourth-order valence-corrected chi connectivity index (χ4v) is 3.07. The van der Waals surface area contributed by atoms with E-state index in [1.165, 1.54) is 7.11 Å². The minimum Gasteiger partial charge on any atom is -0.496 e. The highest BCUT2D eigenvalue weighted by Gasteiger charge is 2.12. The van der Waals surface area contributed by atoms with Crippen molar-refractivity contribution in [3.63, 3.8) is 0 Å². The van der Waals surface area contributed by atoms with Gasteiger partial charge in [0.15, 0.2) is 11.5 Å². The molecule has 6 nitrogen and oxygen atoms in total. The van der Waals surface area contributed by atoms with E-state index in [4.69, 9.17) is 14.2 Å². The van der Waals surface area contributed by atoms with E-state index in [2.05, 4.69) is 33.1 Å². The van der Waals surface area contributed by atoms with E-state index >= 15 is 0 Å². The Labute approximate surface area is 160 Å². The molecule has 1 amide bonds. The quantitative estimate of drug-likeness (QED) is 0.413. The number of hydrogen-bond acceptors (Lipinski definition) is 5. The average Bonchev–Trinajstić information content (AvgIpc) is 2.60. The van der Waals surface area contributed by atoms with E-state index in [1.807, 2.05) is 19.1 Å². The third-order valence-electron chi connectivity index (χ3n) is 3.44. The standard InChI is InChI=1S/C18H19IN2O4/c1-11-5-6-13(15(7-11)23-2)18(22)21-20-10-12-8-14(19)17(25-4)16(9-12)24-3/h5-10H,1-4H3,(H,21,22)/b20-10-. The van der Waals surface area contributed by atoms with Crippen molar-refractivity contribution in [1.29, 1.82) is 0 Å². The van der Waals surface area contributed by atoms with Crippen molar-refractivity contribution >= 4 is 34.7 Å². The summed E-state index contributed by atoms with van der Waals surface area (Å²) in [5, 5.41) is 4.01. The lowest BCUT2D eigenvalue weighted by molar-refractivity contribution is 0.0952. The van der Waals surface area contributed by atoms with E-state index in [-0.39, 0.29) is 5.91 Å². The minimum atomic E-state index is -0.344. The van der Waals surface area contributed by atoms with E-state index in [1.54, 1.807) is 38.6 Å². The maximum absolute atomic E-state index is 12.3. The highest BCUT2D eigenvalue weighted by molar-refractivity contribution is 14.1. The van der Waals surface area contributed by atoms with Crippen LogP contribution in [0.25, 0.3) is 0 Å². The SMILES string of the molecule is COc1cc(C)ccc1C(=O)N/N=C\c1cc(I)c(OC)c(OC)c1. The van der Waals surface area contributed by atoms with Gasteiger partial charge in [-0.15, -0.1) is 0 Å². The van der Waals surface area contributed by atoms with Gasteiger partial charge < -0.3 is 14.2 Å². The van der Waals surface area contributed by atoms with Crippen LogP contribution in [0.1, 0.15) is 21.5 Å². The van der Waals surface area contributed by atoms with Crippen LogP contribution in [0.2, 0.25) is 0 Å². The topological polar surface area (TPSA) is 69.2 Å². The van der Waals surface area contributed by atoms with Gasteiger partial charge in [0.25, 0.3) is 5.91 Å². The van der Waals surface area contributed by atoms with Gasteiger partial charge in [-0.1, -0.05) is 6.07 Å². The van der Waals surface area contributed by atoms with Gasteiger partial charge in [-0.2, -0.15) is 5.10 Å². The predicted octanol–water partition coefficient (Wildman–Crippen LogP) is 3.39. The van der Waals surface area contributed by atoms with Crippen LogP contribution in [0.15, 0.2) is 35.4 Å². The van der Waals surface area contributed by atoms with Gasteiger partial charge in [-0.3, -0.25) is 4.79 Å². The van der Waals surface area contributed by atoms with Crippen molar-refractivity contribution in [3.05, 3.63) is 50.6 Å². The molecule has 0 aliphatic heterocycles. The van der Waals surface area contributed by atoms with Crippen LogP contribution in [0.3, 0.4) is 0 Å². The molecule has 0 saturated heterocycles. The molecule has 0 aliphatic rings. The predicted molar refractivity (Wildman–Crippen MR) is 105 cm³/mol. The summed E-state index contributed by atoms with van der Waals surface area (Å²) in [6.45, 7) is 1.93. The maximum Gasteiger partial charge on any atom is 0.275 e. The molecule has 25 heavy (non-hydrogen) atoms. The highest BCUT2D eigenvalue weighted by atomic mass is 127. The number of ether oxygens (including phenoxy) is 3. The number of carbonyl (C=O) groups is 1. The second-order valence-corrected chi connectivity index (χ2v) is 6.30. The summed E-state index contributed by atoms with van der Waals surface area (Å²) in [4.78, 5) is 12.3. The first-order valence-electron chi connectivity index (χ1n) is 7.39. The van der Waals surface area contributed by atoms with Crippen molar-refractivity contribution in [2.45, 2.75) is 6.92 Å². The van der Waals surface area contributed by atoms with Crippen molar-refractivity contribution in [1.82, 2.24) is 5.43 Å². The van der Waals surface area contributed by atoms with Crippen LogP contribution in [0.5, 0.6) is 17.2 Å². The normalized spacial score (nSPS) is 10.6. The molecule has 2 aromatic carbocycles. The zero-order valence-corrected chi connectivity index (χ0v) is 16.6. The zero-order valence-electron chi connectivity index (χ0n) is 14.4. The first-order valence-corrected chi connectivity index (χ1v) is 8.47. The number of nitrogens with zero attached hydrogens (tertiary/aromatic N) is 1. The lowest BCUT2D eigenvalue weighted by Crippen LogP contribution is -2.18. The molecule has 1 N–H and O–H groups in total. The molecule has 7 heteroatoms. The van der Waals surface area contributed by atoms with E-state index in [0.717, 1.165) is 14.7 Å². The number of hydrogen-bond donors (Lipinski definition) is 1. The minimum absolute atomic E-state index is 0.344. The number of nitrogens with one attached hydrogen (secondary N) is 1. The molecule has 0 heterocycles. The van der Waals surface area contributed by atoms with E-state index in [9.17, 15) is 4.79 Å². The van der Waals surface area contributed by atoms with Crippen LogP contribution >= 0.6 is 22.6 Å². The summed E-state index contributed by atoms with van der Waals surface area (Å²) in [5.74, 6) is 1.42. The smallest absolute Gasteiger partial charge is 0.275 e. The molecule has 0 fully saturated rings. The van der Waals surface area contributed by atoms with Gasteiger partial charge in [0.1, 0.15) is 5.75 Å². The van der Waals surface area contributed by atoms with Gasteiger partial charge in [0, 0.05) is 0 Å². The Morgan fingerprint density at radius 3 is 2.44 bits per heavy atom. The molecule has 0 radical (unpaired) electrons. The highest BCUT2D eigenvalue weighted by Crippen LogP contribution is 2.33. The Morgan fingerprint density at radius 2 is 1.80 bits per heavy atom. The number of halogens is 1. The molecular weight excluding hydrogens is 435 g/mol. The second-order valence-electron chi connectivity index (χ2n) is 5.14. The number of methoxy groups -OCH3 is 3. The maximum atomic E-state index is 12.3. The summed E-state index contributed by atoms with van der Waals surface area (Å²) in [7, 11) is 4.68. The van der Waals surface area contributed by atoms with Crippen LogP contribution in [0, 0.1) is 10.5 Å². The molecule has 2 rings (SSSR count). The van der Waals surface area contributed by atoms with E-state index in [0.29, 0.717) is 22.8 Å². The number of amides is 1. The van der Waals surface area contributed by atoms with Gasteiger partial charge in [-0.05, 0) is 64.9 Å². The molecule has 132 valence electrons. The Hall–Kier alpha value is -2.29. The van der Waals surface area contributed by atoms with Crippen LogP contribution in [-0.2, 0) is 0 Å².